The Morgan fingerprint density at radius 2 is 1.76 bits per heavy atom. The topological polar surface area (TPSA) is 119 Å². The second-order valence-corrected chi connectivity index (χ2v) is 11.8. The van der Waals surface area contributed by atoms with Crippen molar-refractivity contribution >= 4 is 41.1 Å². The van der Waals surface area contributed by atoms with Gasteiger partial charge in [0.05, 0.1) is 18.1 Å². The minimum Gasteiger partial charge on any atom is -0.496 e. The summed E-state index contributed by atoms with van der Waals surface area (Å²) in [5.41, 5.74) is 3.99. The number of anilines is 1. The van der Waals surface area contributed by atoms with Crippen LogP contribution in [0.5, 0.6) is 5.75 Å². The van der Waals surface area contributed by atoms with E-state index in [0.29, 0.717) is 63.8 Å². The van der Waals surface area contributed by atoms with Gasteiger partial charge in [0.1, 0.15) is 17.5 Å². The van der Waals surface area contributed by atoms with Crippen molar-refractivity contribution in [3.05, 3.63) is 70.5 Å². The maximum atomic E-state index is 15.6. The molecule has 5 rings (SSSR count). The maximum absolute atomic E-state index is 15.6. The molecule has 236 valence electrons. The van der Waals surface area contributed by atoms with Crippen molar-refractivity contribution in [2.45, 2.75) is 19.9 Å². The van der Waals surface area contributed by atoms with Gasteiger partial charge in [-0.2, -0.15) is 0 Å². The highest BCUT2D eigenvalue weighted by Gasteiger charge is 2.39. The second kappa shape index (κ2) is 12.9. The zero-order chi connectivity index (χ0) is 32.6. The van der Waals surface area contributed by atoms with E-state index in [2.05, 4.69) is 5.32 Å². The van der Waals surface area contributed by atoms with Crippen LogP contribution in [-0.2, 0) is 20.9 Å². The monoisotopic (exact) mass is 636 g/mol. The normalized spacial score (nSPS) is 18.8. The van der Waals surface area contributed by atoms with Gasteiger partial charge in [-0.25, -0.2) is 9.18 Å². The zero-order valence-electron chi connectivity index (χ0n) is 25.4. The number of likely N-dealkylation sites (tertiary alicyclic amines) is 1. The van der Waals surface area contributed by atoms with E-state index in [1.165, 1.54) is 32.2 Å². The Kier molecular flexibility index (Phi) is 9.13. The van der Waals surface area contributed by atoms with Gasteiger partial charge in [0.2, 0.25) is 11.8 Å². The molecule has 0 saturated carbocycles. The summed E-state index contributed by atoms with van der Waals surface area (Å²) in [4.78, 5) is 53.4. The highest BCUT2D eigenvalue weighted by Crippen LogP contribution is 2.41. The van der Waals surface area contributed by atoms with Gasteiger partial charge in [-0.1, -0.05) is 41.9 Å². The van der Waals surface area contributed by atoms with Crippen LogP contribution in [0, 0.1) is 24.6 Å². The van der Waals surface area contributed by atoms with Crippen molar-refractivity contribution < 1.29 is 33.4 Å². The summed E-state index contributed by atoms with van der Waals surface area (Å²) in [5.74, 6) is -3.62. The summed E-state index contributed by atoms with van der Waals surface area (Å²) in [6, 6.07) is 13.4. The Labute approximate surface area is 265 Å². The number of imide groups is 1. The lowest BCUT2D eigenvalue weighted by molar-refractivity contribution is -0.142. The van der Waals surface area contributed by atoms with Crippen LogP contribution in [-0.4, -0.2) is 84.5 Å². The largest absolute Gasteiger partial charge is 0.496 e. The number of carbonyl (C=O) groups is 4. The number of hydrogen-bond donors (Lipinski definition) is 2. The van der Waals surface area contributed by atoms with Gasteiger partial charge in [0.25, 0.3) is 0 Å². The maximum Gasteiger partial charge on any atom is 0.326 e. The number of nitrogens with one attached hydrogen (secondary N) is 1. The van der Waals surface area contributed by atoms with E-state index < -0.39 is 41.5 Å². The minimum absolute atomic E-state index is 0.0276. The van der Waals surface area contributed by atoms with Crippen LogP contribution in [0.15, 0.2) is 48.5 Å². The van der Waals surface area contributed by atoms with E-state index in [0.717, 1.165) is 10.5 Å². The van der Waals surface area contributed by atoms with E-state index in [1.54, 1.807) is 30.3 Å². The quantitative estimate of drug-likeness (QED) is 0.330. The molecule has 4 amide bonds. The van der Waals surface area contributed by atoms with Crippen molar-refractivity contribution in [2.24, 2.45) is 11.8 Å². The van der Waals surface area contributed by atoms with Crippen molar-refractivity contribution in [2.75, 3.05) is 46.2 Å². The molecule has 3 aromatic carbocycles. The van der Waals surface area contributed by atoms with E-state index in [-0.39, 0.29) is 13.1 Å². The van der Waals surface area contributed by atoms with Gasteiger partial charge in [-0.15, -0.1) is 0 Å². The number of hydrogen-bond acceptors (Lipinski definition) is 6. The number of rotatable bonds is 8. The fourth-order valence-electron chi connectivity index (χ4n) is 5.96. The van der Waals surface area contributed by atoms with Gasteiger partial charge in [0.15, 0.2) is 0 Å². The third-order valence-corrected chi connectivity index (χ3v) is 8.99. The van der Waals surface area contributed by atoms with Crippen LogP contribution in [0.25, 0.3) is 22.3 Å². The molecular weight excluding hydrogens is 603 g/mol. The standard InChI is InChI=1S/C33H34ClFN4O6/c1-18-21(7-6-10-27(18)36-30(40)25-16-37(2)33(44)38(3)31(25)41)23-9-5-8-22(29(23)34)20-13-26(35)24(28(14-20)45-4)17-39-12-11-19(15-39)32(42)43/h5-10,13-14,19,25H,11-12,15-17H2,1-4H3,(H,36,40)(H,42,43)/t19-,25?/m1/s1. The lowest BCUT2D eigenvalue weighted by atomic mass is 9.94. The molecule has 45 heavy (non-hydrogen) atoms. The van der Waals surface area contributed by atoms with E-state index in [4.69, 9.17) is 16.3 Å². The van der Waals surface area contributed by atoms with Crippen molar-refractivity contribution in [1.29, 1.82) is 0 Å². The number of amides is 4. The van der Waals surface area contributed by atoms with Gasteiger partial charge in [-0.05, 0) is 54.8 Å². The highest BCUT2D eigenvalue weighted by molar-refractivity contribution is 6.36. The molecule has 2 atom stereocenters. The third-order valence-electron chi connectivity index (χ3n) is 8.58. The Morgan fingerprint density at radius 1 is 1.07 bits per heavy atom. The number of carboxylic acid groups (broad SMARTS) is 1. The average molecular weight is 637 g/mol. The Morgan fingerprint density at radius 3 is 2.44 bits per heavy atom. The summed E-state index contributed by atoms with van der Waals surface area (Å²) < 4.78 is 21.1. The highest BCUT2D eigenvalue weighted by atomic mass is 35.5. The molecule has 12 heteroatoms. The third kappa shape index (κ3) is 6.23. The van der Waals surface area contributed by atoms with Crippen LogP contribution in [0.3, 0.4) is 0 Å². The van der Waals surface area contributed by atoms with E-state index in [1.807, 2.05) is 24.0 Å². The van der Waals surface area contributed by atoms with Crippen molar-refractivity contribution in [3.63, 3.8) is 0 Å². The molecule has 1 unspecified atom stereocenters. The van der Waals surface area contributed by atoms with E-state index >= 15 is 4.39 Å². The number of halogens is 2. The summed E-state index contributed by atoms with van der Waals surface area (Å²) in [7, 11) is 4.34. The fraction of sp³-hybridized carbons (Fsp3) is 0.333. The van der Waals surface area contributed by atoms with Crippen LogP contribution in [0.4, 0.5) is 14.9 Å². The molecule has 0 aromatic heterocycles. The lowest BCUT2D eigenvalue weighted by Gasteiger charge is -2.33. The molecule has 2 N–H and O–H groups in total. The SMILES string of the molecule is COc1cc(-c2cccc(-c3cccc(NC(=O)C4CN(C)C(=O)N(C)C4=O)c3C)c2Cl)cc(F)c1CN1CC[C@@H](C(=O)O)C1. The molecule has 0 spiro atoms. The van der Waals surface area contributed by atoms with Gasteiger partial charge >= 0.3 is 12.0 Å². The Bertz CT molecular complexity index is 1700. The van der Waals surface area contributed by atoms with Crippen molar-refractivity contribution in [3.8, 4) is 28.0 Å². The molecule has 2 saturated heterocycles. The molecular formula is C33H34ClFN4O6. The smallest absolute Gasteiger partial charge is 0.326 e. The number of urea groups is 1. The first-order valence-corrected chi connectivity index (χ1v) is 14.8. The number of methoxy groups -OCH3 is 1. The number of carbonyl (C=O) groups excluding carboxylic acids is 3. The molecule has 2 aliphatic heterocycles. The number of carboxylic acids is 1. The first-order valence-electron chi connectivity index (χ1n) is 14.4. The average Bonchev–Trinajstić information content (AvgIpc) is 3.49. The van der Waals surface area contributed by atoms with Crippen LogP contribution in [0.1, 0.15) is 17.5 Å². The zero-order valence-corrected chi connectivity index (χ0v) is 26.2. The Balaban J connectivity index is 1.42. The first-order chi connectivity index (χ1) is 21.4. The molecule has 2 fully saturated rings. The predicted molar refractivity (Wildman–Crippen MR) is 168 cm³/mol. The summed E-state index contributed by atoms with van der Waals surface area (Å²) in [5, 5.41) is 12.5. The molecule has 3 aromatic rings. The summed E-state index contributed by atoms with van der Waals surface area (Å²) >= 11 is 6.96. The summed E-state index contributed by atoms with van der Waals surface area (Å²) in [6.45, 7) is 2.92. The van der Waals surface area contributed by atoms with Crippen molar-refractivity contribution in [1.82, 2.24) is 14.7 Å². The molecule has 0 radical (unpaired) electrons. The molecule has 0 aliphatic carbocycles. The molecule has 0 bridgehead atoms. The van der Waals surface area contributed by atoms with Gasteiger partial charge in [0, 0.05) is 56.1 Å². The van der Waals surface area contributed by atoms with Crippen LogP contribution < -0.4 is 10.1 Å². The second-order valence-electron chi connectivity index (χ2n) is 11.4. The number of benzene rings is 3. The summed E-state index contributed by atoms with van der Waals surface area (Å²) in [6.07, 6.45) is 0.512. The van der Waals surface area contributed by atoms with Gasteiger partial charge < -0.3 is 20.1 Å². The van der Waals surface area contributed by atoms with E-state index in [9.17, 15) is 24.3 Å². The molecule has 2 heterocycles. The number of aliphatic carboxylic acids is 1. The predicted octanol–water partition coefficient (Wildman–Crippen LogP) is 5.12. The fourth-order valence-corrected chi connectivity index (χ4v) is 6.30. The van der Waals surface area contributed by atoms with Gasteiger partial charge in [-0.3, -0.25) is 24.2 Å². The van der Waals surface area contributed by atoms with Crippen LogP contribution >= 0.6 is 11.6 Å². The lowest BCUT2D eigenvalue weighted by Crippen LogP contribution is -2.56. The first kappa shape index (κ1) is 31.9. The Hall–Kier alpha value is -4.48. The molecule has 2 aliphatic rings. The number of ether oxygens (including phenoxy) is 1. The van der Waals surface area contributed by atoms with Crippen LogP contribution in [0.2, 0.25) is 5.02 Å². The molecule has 10 nitrogen and oxygen atoms in total. The minimum atomic E-state index is -1.05. The number of nitrogens with zero attached hydrogens (tertiary/aromatic N) is 3.